The minimum absolute atomic E-state index is 0.00697. The van der Waals surface area contributed by atoms with Crippen LogP contribution in [0.25, 0.3) is 11.0 Å². The second kappa shape index (κ2) is 11.1. The van der Waals surface area contributed by atoms with Crippen LogP contribution < -0.4 is 10.6 Å². The van der Waals surface area contributed by atoms with Crippen LogP contribution in [0.5, 0.6) is 0 Å². The number of hydrogen-bond donors (Lipinski definition) is 2. The number of benzene rings is 1. The van der Waals surface area contributed by atoms with E-state index in [0.717, 1.165) is 18.4 Å². The summed E-state index contributed by atoms with van der Waals surface area (Å²) in [6.07, 6.45) is 6.85. The molecule has 1 aliphatic heterocycles. The molecule has 0 radical (unpaired) electrons. The average molecular weight is 459 g/mol. The second-order valence-corrected chi connectivity index (χ2v) is 9.07. The zero-order valence-corrected chi connectivity index (χ0v) is 19.4. The van der Waals surface area contributed by atoms with Crippen molar-refractivity contribution in [1.82, 2.24) is 5.32 Å². The number of nitrogens with one attached hydrogen (secondary N) is 2. The van der Waals surface area contributed by atoms with Gasteiger partial charge < -0.3 is 29.3 Å². The third-order valence-corrected chi connectivity index (χ3v) is 6.77. The van der Waals surface area contributed by atoms with Crippen molar-refractivity contribution in [1.29, 1.82) is 0 Å². The van der Waals surface area contributed by atoms with E-state index in [1.54, 1.807) is 18.2 Å². The zero-order valence-electron chi connectivity index (χ0n) is 19.4. The van der Waals surface area contributed by atoms with E-state index in [4.69, 9.17) is 18.6 Å². The molecule has 1 aromatic heterocycles. The Hall–Kier alpha value is -2.42. The van der Waals surface area contributed by atoms with Crippen molar-refractivity contribution < 1.29 is 28.2 Å². The van der Waals surface area contributed by atoms with Crippen LogP contribution in [-0.4, -0.2) is 58.0 Å². The van der Waals surface area contributed by atoms with E-state index in [9.17, 15) is 9.59 Å². The molecule has 33 heavy (non-hydrogen) atoms. The molecular formula is C25H34N2O6. The number of anilines is 1. The van der Waals surface area contributed by atoms with Crippen molar-refractivity contribution in [2.24, 2.45) is 11.8 Å². The summed E-state index contributed by atoms with van der Waals surface area (Å²) >= 11 is 0. The van der Waals surface area contributed by atoms with E-state index in [1.807, 2.05) is 6.07 Å². The number of ether oxygens (including phenoxy) is 3. The number of methoxy groups -OCH3 is 2. The summed E-state index contributed by atoms with van der Waals surface area (Å²) in [7, 11) is 3.07. The fourth-order valence-corrected chi connectivity index (χ4v) is 5.22. The van der Waals surface area contributed by atoms with Gasteiger partial charge in [-0.1, -0.05) is 32.1 Å². The lowest BCUT2D eigenvalue weighted by Crippen LogP contribution is -2.42. The van der Waals surface area contributed by atoms with Crippen molar-refractivity contribution >= 4 is 28.5 Å². The van der Waals surface area contributed by atoms with Gasteiger partial charge in [0, 0.05) is 25.3 Å². The molecule has 2 atom stereocenters. The van der Waals surface area contributed by atoms with Gasteiger partial charge in [-0.3, -0.25) is 4.79 Å². The molecular weight excluding hydrogens is 424 g/mol. The lowest BCUT2D eigenvalue weighted by Gasteiger charge is -2.30. The number of furan rings is 1. The van der Waals surface area contributed by atoms with E-state index in [-0.39, 0.29) is 30.9 Å². The predicted molar refractivity (Wildman–Crippen MR) is 124 cm³/mol. The van der Waals surface area contributed by atoms with E-state index in [1.165, 1.54) is 46.3 Å². The minimum Gasteiger partial charge on any atom is -0.452 e. The number of carbonyl (C=O) groups excluding carboxylic acids is 2. The van der Waals surface area contributed by atoms with Crippen molar-refractivity contribution in [2.45, 2.75) is 50.7 Å². The molecule has 2 aromatic rings. The summed E-state index contributed by atoms with van der Waals surface area (Å²) < 4.78 is 21.2. The Labute approximate surface area is 194 Å². The van der Waals surface area contributed by atoms with Gasteiger partial charge in [-0.2, -0.15) is 0 Å². The SMILES string of the molecule is COCC(COC)OC(=O)c1cc2cc(NC(=O)[C@H]3NCC[C@H]3C3CCCCC3)ccc2o1. The fourth-order valence-electron chi connectivity index (χ4n) is 5.22. The minimum atomic E-state index is -0.582. The third-order valence-electron chi connectivity index (χ3n) is 6.77. The van der Waals surface area contributed by atoms with Crippen LogP contribution in [-0.2, 0) is 19.0 Å². The van der Waals surface area contributed by atoms with Gasteiger partial charge in [0.25, 0.3) is 0 Å². The van der Waals surface area contributed by atoms with Gasteiger partial charge in [-0.25, -0.2) is 4.79 Å². The molecule has 0 unspecified atom stereocenters. The van der Waals surface area contributed by atoms with E-state index >= 15 is 0 Å². The van der Waals surface area contributed by atoms with Gasteiger partial charge in [0.1, 0.15) is 11.7 Å². The highest BCUT2D eigenvalue weighted by molar-refractivity contribution is 5.98. The smallest absolute Gasteiger partial charge is 0.374 e. The van der Waals surface area contributed by atoms with Crippen LogP contribution in [0.1, 0.15) is 49.1 Å². The van der Waals surface area contributed by atoms with E-state index < -0.39 is 12.1 Å². The van der Waals surface area contributed by atoms with Gasteiger partial charge in [-0.15, -0.1) is 0 Å². The first-order valence-electron chi connectivity index (χ1n) is 11.9. The van der Waals surface area contributed by atoms with Crippen LogP contribution in [0.15, 0.2) is 28.7 Å². The number of hydrogen-bond acceptors (Lipinski definition) is 7. The number of carbonyl (C=O) groups is 2. The summed E-state index contributed by atoms with van der Waals surface area (Å²) in [6, 6.07) is 6.84. The first kappa shape index (κ1) is 23.7. The largest absolute Gasteiger partial charge is 0.452 e. The van der Waals surface area contributed by atoms with Gasteiger partial charge in [0.05, 0.1) is 19.3 Å². The normalized spacial score (nSPS) is 21.5. The molecule has 0 spiro atoms. The van der Waals surface area contributed by atoms with Crippen LogP contribution in [0.2, 0.25) is 0 Å². The Morgan fingerprint density at radius 1 is 1.09 bits per heavy atom. The lowest BCUT2D eigenvalue weighted by atomic mass is 9.76. The average Bonchev–Trinajstić information content (AvgIpc) is 3.47. The number of fused-ring (bicyclic) bond motifs is 1. The highest BCUT2D eigenvalue weighted by atomic mass is 16.6. The molecule has 1 amide bonds. The Balaban J connectivity index is 1.41. The number of esters is 1. The van der Waals surface area contributed by atoms with Crippen molar-refractivity contribution in [3.8, 4) is 0 Å². The molecule has 1 saturated heterocycles. The van der Waals surface area contributed by atoms with Crippen molar-refractivity contribution in [3.63, 3.8) is 0 Å². The Bertz CT molecular complexity index is 946. The third kappa shape index (κ3) is 5.75. The Morgan fingerprint density at radius 3 is 2.58 bits per heavy atom. The van der Waals surface area contributed by atoms with Gasteiger partial charge in [0.15, 0.2) is 0 Å². The molecule has 1 saturated carbocycles. The molecule has 180 valence electrons. The van der Waals surface area contributed by atoms with Gasteiger partial charge in [-0.05, 0) is 49.1 Å². The maximum atomic E-state index is 13.1. The van der Waals surface area contributed by atoms with Crippen LogP contribution in [0.4, 0.5) is 5.69 Å². The summed E-state index contributed by atoms with van der Waals surface area (Å²) in [5, 5.41) is 7.18. The van der Waals surface area contributed by atoms with Gasteiger partial charge >= 0.3 is 5.97 Å². The monoisotopic (exact) mass is 458 g/mol. The van der Waals surface area contributed by atoms with Crippen molar-refractivity contribution in [3.05, 3.63) is 30.0 Å². The van der Waals surface area contributed by atoms with Crippen LogP contribution in [0.3, 0.4) is 0 Å². The quantitative estimate of drug-likeness (QED) is 0.552. The van der Waals surface area contributed by atoms with Crippen LogP contribution >= 0.6 is 0 Å². The highest BCUT2D eigenvalue weighted by Gasteiger charge is 2.38. The summed E-state index contributed by atoms with van der Waals surface area (Å²) in [5.41, 5.74) is 1.23. The first-order valence-corrected chi connectivity index (χ1v) is 11.9. The van der Waals surface area contributed by atoms with Crippen LogP contribution in [0, 0.1) is 11.8 Å². The molecule has 2 N–H and O–H groups in total. The standard InChI is InChI=1S/C25H34N2O6/c1-30-14-19(15-31-2)32-25(29)22-13-17-12-18(8-9-21(17)33-22)27-24(28)23-20(10-11-26-23)16-6-4-3-5-7-16/h8-9,12-13,16,19-20,23,26H,3-7,10-11,14-15H2,1-2H3,(H,27,28)/t20-,23-/m0/s1. The summed E-state index contributed by atoms with van der Waals surface area (Å²) in [5.74, 6) is 0.556. The molecule has 1 aliphatic carbocycles. The zero-order chi connectivity index (χ0) is 23.2. The molecule has 4 rings (SSSR count). The molecule has 8 heteroatoms. The molecule has 2 fully saturated rings. The van der Waals surface area contributed by atoms with E-state index in [2.05, 4.69) is 10.6 Å². The molecule has 1 aromatic carbocycles. The number of rotatable bonds is 9. The Kier molecular flexibility index (Phi) is 8.01. The lowest BCUT2D eigenvalue weighted by molar-refractivity contribution is -0.119. The molecule has 2 aliphatic rings. The first-order chi connectivity index (χ1) is 16.1. The molecule has 2 heterocycles. The van der Waals surface area contributed by atoms with Crippen molar-refractivity contribution in [2.75, 3.05) is 39.3 Å². The summed E-state index contributed by atoms with van der Waals surface area (Å²) in [4.78, 5) is 25.6. The Morgan fingerprint density at radius 2 is 1.85 bits per heavy atom. The summed E-state index contributed by atoms with van der Waals surface area (Å²) in [6.45, 7) is 1.35. The molecule has 8 nitrogen and oxygen atoms in total. The predicted octanol–water partition coefficient (Wildman–Crippen LogP) is 3.75. The maximum absolute atomic E-state index is 13.1. The van der Waals surface area contributed by atoms with E-state index in [0.29, 0.717) is 23.1 Å². The topological polar surface area (TPSA) is 99.0 Å². The fraction of sp³-hybridized carbons (Fsp3) is 0.600. The maximum Gasteiger partial charge on any atom is 0.374 e. The van der Waals surface area contributed by atoms with Gasteiger partial charge in [0.2, 0.25) is 11.7 Å². The second-order valence-electron chi connectivity index (χ2n) is 9.07. The highest BCUT2D eigenvalue weighted by Crippen LogP contribution is 2.36. The molecule has 0 bridgehead atoms. The number of amides is 1.